The van der Waals surface area contributed by atoms with E-state index in [0.29, 0.717) is 12.4 Å². The second kappa shape index (κ2) is 8.59. The average molecular weight is 406 g/mol. The molecule has 1 aromatic rings. The summed E-state index contributed by atoms with van der Waals surface area (Å²) in [5, 5.41) is 0. The van der Waals surface area contributed by atoms with Gasteiger partial charge in [0, 0.05) is 24.3 Å². The smallest absolute Gasteiger partial charge is 0.416 e. The number of likely N-dealkylation sites (tertiary alicyclic amines) is 1. The Morgan fingerprint density at radius 1 is 1.14 bits per heavy atom. The van der Waals surface area contributed by atoms with E-state index in [1.807, 2.05) is 67.5 Å². The molecule has 0 unspecified atom stereocenters. The van der Waals surface area contributed by atoms with Gasteiger partial charge in [0.25, 0.3) is 0 Å². The number of amides is 2. The molecule has 0 aromatic carbocycles. The Morgan fingerprint density at radius 3 is 2.31 bits per heavy atom. The number of anilines is 1. The summed E-state index contributed by atoms with van der Waals surface area (Å²) in [6.45, 7) is 15.5. The number of hydrogen-bond acceptors (Lipinski definition) is 5. The van der Waals surface area contributed by atoms with Crippen molar-refractivity contribution >= 4 is 18.0 Å². The molecule has 1 aliphatic rings. The van der Waals surface area contributed by atoms with Crippen molar-refractivity contribution in [3.63, 3.8) is 0 Å². The molecule has 7 nitrogen and oxygen atoms in total. The van der Waals surface area contributed by atoms with Gasteiger partial charge in [-0.25, -0.2) is 14.6 Å². The summed E-state index contributed by atoms with van der Waals surface area (Å²) in [6.07, 6.45) is 2.52. The normalized spacial score (nSPS) is 17.4. The largest absolute Gasteiger partial charge is 0.444 e. The van der Waals surface area contributed by atoms with Gasteiger partial charge in [-0.05, 0) is 74.3 Å². The molecule has 0 aliphatic carbocycles. The molecular weight excluding hydrogens is 370 g/mol. The van der Waals surface area contributed by atoms with E-state index in [1.54, 1.807) is 16.0 Å². The van der Waals surface area contributed by atoms with Crippen LogP contribution in [0.1, 0.15) is 79.8 Å². The van der Waals surface area contributed by atoms with E-state index in [0.717, 1.165) is 18.4 Å². The van der Waals surface area contributed by atoms with Crippen LogP contribution < -0.4 is 4.90 Å². The first-order valence-corrected chi connectivity index (χ1v) is 10.3. The first kappa shape index (κ1) is 23.0. The average Bonchev–Trinajstić information content (AvgIpc) is 3.01. The van der Waals surface area contributed by atoms with Crippen LogP contribution in [0.15, 0.2) is 18.3 Å². The van der Waals surface area contributed by atoms with Gasteiger partial charge in [-0.3, -0.25) is 4.90 Å². The Balaban J connectivity index is 2.40. The number of pyridine rings is 1. The Hall–Kier alpha value is -2.31. The van der Waals surface area contributed by atoms with E-state index in [4.69, 9.17) is 9.47 Å². The Labute approximate surface area is 174 Å². The van der Waals surface area contributed by atoms with Gasteiger partial charge in [0.05, 0.1) is 6.04 Å². The monoisotopic (exact) mass is 405 g/mol. The predicted molar refractivity (Wildman–Crippen MR) is 113 cm³/mol. The SMILES string of the molecule is CC(C)N(C(=O)OC(C)(C)C)c1ncccc1[C@@H]1CCCN1C(=O)OC(C)(C)C. The van der Waals surface area contributed by atoms with Gasteiger partial charge in [-0.2, -0.15) is 0 Å². The van der Waals surface area contributed by atoms with Crippen molar-refractivity contribution in [3.05, 3.63) is 23.9 Å². The molecule has 1 saturated heterocycles. The molecule has 162 valence electrons. The minimum Gasteiger partial charge on any atom is -0.444 e. The zero-order chi connectivity index (χ0) is 22.0. The molecule has 0 saturated carbocycles. The van der Waals surface area contributed by atoms with E-state index in [9.17, 15) is 9.59 Å². The summed E-state index contributed by atoms with van der Waals surface area (Å²) >= 11 is 0. The summed E-state index contributed by atoms with van der Waals surface area (Å²) in [5.41, 5.74) is -0.354. The molecule has 2 heterocycles. The zero-order valence-corrected chi connectivity index (χ0v) is 19.0. The number of aromatic nitrogens is 1. The molecule has 7 heteroatoms. The topological polar surface area (TPSA) is 72.0 Å². The quantitative estimate of drug-likeness (QED) is 0.682. The maximum absolute atomic E-state index is 12.9. The van der Waals surface area contributed by atoms with Crippen molar-refractivity contribution in [2.24, 2.45) is 0 Å². The molecule has 1 fully saturated rings. The standard InChI is InChI=1S/C22H35N3O4/c1-15(2)25(20(27)29-22(6,7)8)18-16(11-9-13-23-18)17-12-10-14-24(17)19(26)28-21(3,4)5/h9,11,13,15,17H,10,12,14H2,1-8H3/t17-/m0/s1. The number of hydrogen-bond donors (Lipinski definition) is 0. The van der Waals surface area contributed by atoms with E-state index in [-0.39, 0.29) is 18.2 Å². The maximum atomic E-state index is 12.9. The fourth-order valence-corrected chi connectivity index (χ4v) is 3.35. The second-order valence-electron chi connectivity index (χ2n) is 9.69. The molecule has 0 bridgehead atoms. The first-order valence-electron chi connectivity index (χ1n) is 10.3. The van der Waals surface area contributed by atoms with Crippen molar-refractivity contribution in [2.75, 3.05) is 11.4 Å². The van der Waals surface area contributed by atoms with Gasteiger partial charge in [0.2, 0.25) is 0 Å². The number of nitrogens with zero attached hydrogens (tertiary/aromatic N) is 3. The highest BCUT2D eigenvalue weighted by Gasteiger charge is 2.37. The van der Waals surface area contributed by atoms with Crippen molar-refractivity contribution in [3.8, 4) is 0 Å². The molecule has 1 atom stereocenters. The molecule has 1 aliphatic heterocycles. The molecule has 0 N–H and O–H groups in total. The minimum atomic E-state index is -0.616. The van der Waals surface area contributed by atoms with Crippen LogP contribution in [-0.2, 0) is 9.47 Å². The number of rotatable bonds is 3. The lowest BCUT2D eigenvalue weighted by Crippen LogP contribution is -2.43. The van der Waals surface area contributed by atoms with Gasteiger partial charge < -0.3 is 14.4 Å². The molecule has 0 spiro atoms. The van der Waals surface area contributed by atoms with Crippen molar-refractivity contribution < 1.29 is 19.1 Å². The summed E-state index contributed by atoms with van der Waals surface area (Å²) < 4.78 is 11.2. The van der Waals surface area contributed by atoms with Gasteiger partial charge in [0.1, 0.15) is 17.0 Å². The molecular formula is C22H35N3O4. The van der Waals surface area contributed by atoms with Crippen LogP contribution in [0.5, 0.6) is 0 Å². The van der Waals surface area contributed by atoms with Crippen LogP contribution >= 0.6 is 0 Å². The third-order valence-corrected chi connectivity index (χ3v) is 4.39. The second-order valence-corrected chi connectivity index (χ2v) is 9.69. The Morgan fingerprint density at radius 2 is 1.76 bits per heavy atom. The third kappa shape index (κ3) is 6.08. The molecule has 2 rings (SSSR count). The highest BCUT2D eigenvalue weighted by Crippen LogP contribution is 2.38. The molecule has 0 radical (unpaired) electrons. The van der Waals surface area contributed by atoms with Crippen LogP contribution in [0, 0.1) is 0 Å². The molecule has 29 heavy (non-hydrogen) atoms. The van der Waals surface area contributed by atoms with Crippen LogP contribution in [0.2, 0.25) is 0 Å². The van der Waals surface area contributed by atoms with E-state index >= 15 is 0 Å². The lowest BCUT2D eigenvalue weighted by Gasteiger charge is -2.33. The van der Waals surface area contributed by atoms with Crippen molar-refractivity contribution in [2.45, 2.75) is 91.5 Å². The van der Waals surface area contributed by atoms with Crippen LogP contribution in [0.3, 0.4) is 0 Å². The van der Waals surface area contributed by atoms with E-state index < -0.39 is 17.3 Å². The molecule has 1 aromatic heterocycles. The van der Waals surface area contributed by atoms with E-state index in [1.165, 1.54) is 0 Å². The Kier molecular flexibility index (Phi) is 6.81. The number of carbonyl (C=O) groups is 2. The lowest BCUT2D eigenvalue weighted by molar-refractivity contribution is 0.0224. The van der Waals surface area contributed by atoms with Crippen molar-refractivity contribution in [1.29, 1.82) is 0 Å². The highest BCUT2D eigenvalue weighted by molar-refractivity contribution is 5.88. The van der Waals surface area contributed by atoms with Gasteiger partial charge >= 0.3 is 12.2 Å². The summed E-state index contributed by atoms with van der Waals surface area (Å²) in [6, 6.07) is 3.40. The lowest BCUT2D eigenvalue weighted by atomic mass is 10.0. The van der Waals surface area contributed by atoms with Gasteiger partial charge in [-0.1, -0.05) is 6.07 Å². The van der Waals surface area contributed by atoms with Gasteiger partial charge in [-0.15, -0.1) is 0 Å². The van der Waals surface area contributed by atoms with Crippen LogP contribution in [-0.4, -0.2) is 45.9 Å². The maximum Gasteiger partial charge on any atom is 0.416 e. The summed E-state index contributed by atoms with van der Waals surface area (Å²) in [5.74, 6) is 0.525. The van der Waals surface area contributed by atoms with Crippen LogP contribution in [0.4, 0.5) is 15.4 Å². The van der Waals surface area contributed by atoms with Gasteiger partial charge in [0.15, 0.2) is 0 Å². The minimum absolute atomic E-state index is 0.158. The van der Waals surface area contributed by atoms with E-state index in [2.05, 4.69) is 4.98 Å². The van der Waals surface area contributed by atoms with Crippen molar-refractivity contribution in [1.82, 2.24) is 9.88 Å². The fraction of sp³-hybridized carbons (Fsp3) is 0.682. The Bertz CT molecular complexity index is 734. The fourth-order valence-electron chi connectivity index (χ4n) is 3.35. The predicted octanol–water partition coefficient (Wildman–Crippen LogP) is 5.30. The third-order valence-electron chi connectivity index (χ3n) is 4.39. The van der Waals surface area contributed by atoms with Crippen LogP contribution in [0.25, 0.3) is 0 Å². The molecule has 2 amide bonds. The number of ether oxygens (including phenoxy) is 2. The summed E-state index contributed by atoms with van der Waals surface area (Å²) in [4.78, 5) is 33.5. The summed E-state index contributed by atoms with van der Waals surface area (Å²) in [7, 11) is 0. The highest BCUT2D eigenvalue weighted by atomic mass is 16.6. The zero-order valence-electron chi connectivity index (χ0n) is 19.0. The first-order chi connectivity index (χ1) is 13.3. The number of carbonyl (C=O) groups excluding carboxylic acids is 2.